The van der Waals surface area contributed by atoms with Crippen LogP contribution in [-0.2, 0) is 4.79 Å². The Labute approximate surface area is 117 Å². The lowest BCUT2D eigenvalue weighted by Crippen LogP contribution is -2.43. The number of carbonyl (C=O) groups is 2. The first-order chi connectivity index (χ1) is 8.81. The SMILES string of the molecule is CCC(C)(C(=O)Nc1ccc(C(N)=O)cc1)C(N)=S. The summed E-state index contributed by atoms with van der Waals surface area (Å²) in [5, 5.41) is 2.72. The first kappa shape index (κ1) is 15.1. The van der Waals surface area contributed by atoms with Gasteiger partial charge in [-0.05, 0) is 37.6 Å². The smallest absolute Gasteiger partial charge is 0.248 e. The van der Waals surface area contributed by atoms with Gasteiger partial charge < -0.3 is 16.8 Å². The highest BCUT2D eigenvalue weighted by Gasteiger charge is 2.34. The van der Waals surface area contributed by atoms with Gasteiger partial charge in [0.2, 0.25) is 11.8 Å². The van der Waals surface area contributed by atoms with Gasteiger partial charge in [0.1, 0.15) is 0 Å². The topological polar surface area (TPSA) is 98.2 Å². The van der Waals surface area contributed by atoms with Gasteiger partial charge in [-0.1, -0.05) is 19.1 Å². The van der Waals surface area contributed by atoms with Crippen LogP contribution >= 0.6 is 12.2 Å². The van der Waals surface area contributed by atoms with Crippen LogP contribution in [0.5, 0.6) is 0 Å². The Balaban J connectivity index is 2.88. The van der Waals surface area contributed by atoms with E-state index in [4.69, 9.17) is 23.7 Å². The number of carbonyl (C=O) groups excluding carboxylic acids is 2. The van der Waals surface area contributed by atoms with Crippen LogP contribution in [0.1, 0.15) is 30.6 Å². The predicted octanol–water partition coefficient (Wildman–Crippen LogP) is 1.43. The molecule has 0 bridgehead atoms. The molecule has 2 amide bonds. The van der Waals surface area contributed by atoms with Gasteiger partial charge in [-0.2, -0.15) is 0 Å². The van der Waals surface area contributed by atoms with Gasteiger partial charge in [-0.15, -0.1) is 0 Å². The lowest BCUT2D eigenvalue weighted by atomic mass is 9.86. The molecule has 102 valence electrons. The standard InChI is InChI=1S/C13H17N3O2S/c1-3-13(2,11(15)19)12(18)16-9-6-4-8(5-7-9)10(14)17/h4-7H,3H2,1-2H3,(H2,14,17)(H2,15,19)(H,16,18). The number of benzene rings is 1. The Morgan fingerprint density at radius 3 is 2.16 bits per heavy atom. The molecular formula is C13H17N3O2S. The summed E-state index contributed by atoms with van der Waals surface area (Å²) in [5.41, 5.74) is 10.8. The number of anilines is 1. The van der Waals surface area contributed by atoms with Crippen LogP contribution in [0.2, 0.25) is 0 Å². The van der Waals surface area contributed by atoms with Crippen molar-refractivity contribution in [1.29, 1.82) is 0 Å². The maximum atomic E-state index is 12.2. The van der Waals surface area contributed by atoms with Gasteiger partial charge in [-0.25, -0.2) is 0 Å². The third-order valence-electron chi connectivity index (χ3n) is 3.18. The number of thiocarbonyl (C=S) groups is 1. The number of amides is 2. The molecule has 0 spiro atoms. The van der Waals surface area contributed by atoms with Gasteiger partial charge in [-0.3, -0.25) is 9.59 Å². The molecule has 1 atom stereocenters. The number of nitrogens with one attached hydrogen (secondary N) is 1. The first-order valence-corrected chi connectivity index (χ1v) is 6.23. The van der Waals surface area contributed by atoms with E-state index in [1.807, 2.05) is 6.92 Å². The summed E-state index contributed by atoms with van der Waals surface area (Å²) in [6, 6.07) is 6.30. The van der Waals surface area contributed by atoms with E-state index < -0.39 is 11.3 Å². The van der Waals surface area contributed by atoms with Gasteiger partial charge in [0, 0.05) is 11.3 Å². The van der Waals surface area contributed by atoms with Gasteiger partial charge >= 0.3 is 0 Å². The molecule has 1 aromatic carbocycles. The molecule has 5 N–H and O–H groups in total. The quantitative estimate of drug-likeness (QED) is 0.710. The molecule has 0 fully saturated rings. The number of hydrogen-bond acceptors (Lipinski definition) is 3. The van der Waals surface area contributed by atoms with Crippen LogP contribution in [0.25, 0.3) is 0 Å². The monoisotopic (exact) mass is 279 g/mol. The average Bonchev–Trinajstić information content (AvgIpc) is 2.37. The van der Waals surface area contributed by atoms with Crippen molar-refractivity contribution < 1.29 is 9.59 Å². The van der Waals surface area contributed by atoms with E-state index in [9.17, 15) is 9.59 Å². The minimum absolute atomic E-state index is 0.154. The Hall–Kier alpha value is -1.95. The Morgan fingerprint density at radius 1 is 1.26 bits per heavy atom. The van der Waals surface area contributed by atoms with Gasteiger partial charge in [0.15, 0.2) is 0 Å². The van der Waals surface area contributed by atoms with Crippen molar-refractivity contribution in [2.45, 2.75) is 20.3 Å². The minimum atomic E-state index is -0.891. The van der Waals surface area contributed by atoms with E-state index in [1.165, 1.54) is 0 Å². The maximum absolute atomic E-state index is 12.2. The largest absolute Gasteiger partial charge is 0.392 e. The second-order valence-corrected chi connectivity index (χ2v) is 4.89. The summed E-state index contributed by atoms with van der Waals surface area (Å²) in [7, 11) is 0. The second-order valence-electron chi connectivity index (χ2n) is 4.45. The van der Waals surface area contributed by atoms with Crippen LogP contribution in [0.4, 0.5) is 5.69 Å². The minimum Gasteiger partial charge on any atom is -0.392 e. The zero-order chi connectivity index (χ0) is 14.6. The van der Waals surface area contributed by atoms with Crippen LogP contribution in [-0.4, -0.2) is 16.8 Å². The molecule has 6 heteroatoms. The van der Waals surface area contributed by atoms with E-state index in [0.29, 0.717) is 17.7 Å². The molecule has 1 rings (SSSR count). The maximum Gasteiger partial charge on any atom is 0.248 e. The lowest BCUT2D eigenvalue weighted by Gasteiger charge is -2.25. The molecule has 0 heterocycles. The van der Waals surface area contributed by atoms with Crippen LogP contribution in [0, 0.1) is 5.41 Å². The van der Waals surface area contributed by atoms with Crippen LogP contribution < -0.4 is 16.8 Å². The number of primary amides is 1. The molecule has 1 aromatic rings. The lowest BCUT2D eigenvalue weighted by molar-refractivity contribution is -0.121. The summed E-state index contributed by atoms with van der Waals surface area (Å²) < 4.78 is 0. The molecule has 5 nitrogen and oxygen atoms in total. The van der Waals surface area contributed by atoms with Gasteiger partial charge in [0.05, 0.1) is 10.4 Å². The molecule has 0 aromatic heterocycles. The highest BCUT2D eigenvalue weighted by molar-refractivity contribution is 7.80. The second kappa shape index (κ2) is 5.79. The summed E-state index contributed by atoms with van der Waals surface area (Å²) in [5.74, 6) is -0.784. The molecule has 19 heavy (non-hydrogen) atoms. The number of nitrogens with two attached hydrogens (primary N) is 2. The summed E-state index contributed by atoms with van der Waals surface area (Å²) in [4.78, 5) is 23.2. The fraction of sp³-hybridized carbons (Fsp3) is 0.308. The van der Waals surface area contributed by atoms with E-state index >= 15 is 0 Å². The summed E-state index contributed by atoms with van der Waals surface area (Å²) in [6.45, 7) is 3.54. The van der Waals surface area contributed by atoms with E-state index in [-0.39, 0.29) is 10.9 Å². The van der Waals surface area contributed by atoms with Crippen molar-refractivity contribution in [2.24, 2.45) is 16.9 Å². The molecule has 1 unspecified atom stereocenters. The van der Waals surface area contributed by atoms with Crippen molar-refractivity contribution >= 4 is 34.7 Å². The highest BCUT2D eigenvalue weighted by atomic mass is 32.1. The van der Waals surface area contributed by atoms with E-state index in [2.05, 4.69) is 5.32 Å². The van der Waals surface area contributed by atoms with Crippen molar-refractivity contribution in [1.82, 2.24) is 0 Å². The fourth-order valence-electron chi connectivity index (χ4n) is 1.43. The third-order valence-corrected chi connectivity index (χ3v) is 3.63. The predicted molar refractivity (Wildman–Crippen MR) is 78.8 cm³/mol. The van der Waals surface area contributed by atoms with Crippen molar-refractivity contribution in [3.63, 3.8) is 0 Å². The first-order valence-electron chi connectivity index (χ1n) is 5.82. The molecule has 0 radical (unpaired) electrons. The molecule has 0 aliphatic rings. The Bertz CT molecular complexity index is 513. The van der Waals surface area contributed by atoms with Crippen LogP contribution in [0.15, 0.2) is 24.3 Å². The zero-order valence-corrected chi connectivity index (χ0v) is 11.7. The Kier molecular flexibility index (Phi) is 4.61. The molecule has 0 aliphatic carbocycles. The highest BCUT2D eigenvalue weighted by Crippen LogP contribution is 2.24. The third kappa shape index (κ3) is 3.29. The van der Waals surface area contributed by atoms with Crippen LogP contribution in [0.3, 0.4) is 0 Å². The molecule has 0 saturated heterocycles. The Morgan fingerprint density at radius 2 is 1.79 bits per heavy atom. The van der Waals surface area contributed by atoms with Crippen molar-refractivity contribution in [3.05, 3.63) is 29.8 Å². The van der Waals surface area contributed by atoms with E-state index in [1.54, 1.807) is 31.2 Å². The normalized spacial score (nSPS) is 13.4. The number of hydrogen-bond donors (Lipinski definition) is 3. The fourth-order valence-corrected chi connectivity index (χ4v) is 1.67. The van der Waals surface area contributed by atoms with Gasteiger partial charge in [0.25, 0.3) is 0 Å². The number of rotatable bonds is 5. The van der Waals surface area contributed by atoms with E-state index in [0.717, 1.165) is 0 Å². The summed E-state index contributed by atoms with van der Waals surface area (Å²) >= 11 is 4.93. The van der Waals surface area contributed by atoms with Crippen molar-refractivity contribution in [2.75, 3.05) is 5.32 Å². The summed E-state index contributed by atoms with van der Waals surface area (Å²) in [6.07, 6.45) is 0.507. The molecule has 0 aliphatic heterocycles. The molecular weight excluding hydrogens is 262 g/mol. The zero-order valence-electron chi connectivity index (χ0n) is 10.9. The van der Waals surface area contributed by atoms with Crippen molar-refractivity contribution in [3.8, 4) is 0 Å². The molecule has 0 saturated carbocycles. The average molecular weight is 279 g/mol.